The van der Waals surface area contributed by atoms with E-state index >= 15 is 0 Å². The second-order valence-corrected chi connectivity index (χ2v) is 7.04. The Morgan fingerprint density at radius 3 is 2.15 bits per heavy atom. The minimum Gasteiger partial charge on any atom is -0.726 e. The number of unbranched alkanes of at least 4 members (excludes halogenated alkanes) is 1. The molecule has 0 aliphatic carbocycles. The molecule has 6 nitrogen and oxygen atoms in total. The van der Waals surface area contributed by atoms with Crippen molar-refractivity contribution >= 4 is 21.4 Å². The summed E-state index contributed by atoms with van der Waals surface area (Å²) in [6, 6.07) is 3.69. The third kappa shape index (κ3) is 5.42. The van der Waals surface area contributed by atoms with Crippen LogP contribution in [0.15, 0.2) is 12.1 Å². The van der Waals surface area contributed by atoms with Gasteiger partial charge in [0.1, 0.15) is 0 Å². The topological polar surface area (TPSA) is 75.2 Å². The van der Waals surface area contributed by atoms with E-state index in [2.05, 4.69) is 4.18 Å². The minimum absolute atomic E-state index is 0.394. The maximum absolute atomic E-state index is 13.3. The summed E-state index contributed by atoms with van der Waals surface area (Å²) >= 11 is 0. The van der Waals surface area contributed by atoms with Crippen molar-refractivity contribution in [2.45, 2.75) is 46.3 Å². The summed E-state index contributed by atoms with van der Waals surface area (Å²) in [4.78, 5) is 0. The highest BCUT2D eigenvalue weighted by molar-refractivity contribution is 7.80. The van der Waals surface area contributed by atoms with E-state index < -0.39 is 22.4 Å². The average Bonchev–Trinajstić information content (AvgIpc) is 2.77. The number of halogens is 3. The molecule has 0 spiro atoms. The lowest BCUT2D eigenvalue weighted by atomic mass is 10.1. The van der Waals surface area contributed by atoms with Crippen LogP contribution in [-0.2, 0) is 34.4 Å². The number of aryl methyl sites for hydroxylation is 4. The van der Waals surface area contributed by atoms with Crippen LogP contribution in [-0.4, -0.2) is 24.6 Å². The van der Waals surface area contributed by atoms with Crippen molar-refractivity contribution in [1.29, 1.82) is 0 Å². The highest BCUT2D eigenvalue weighted by Gasteiger charge is 2.46. The fourth-order valence-corrected chi connectivity index (χ4v) is 2.57. The summed E-state index contributed by atoms with van der Waals surface area (Å²) < 4.78 is 73.7. The van der Waals surface area contributed by atoms with Crippen LogP contribution in [0, 0.1) is 13.8 Å². The largest absolute Gasteiger partial charge is 0.726 e. The molecule has 0 bridgehead atoms. The van der Waals surface area contributed by atoms with Crippen LogP contribution in [0.4, 0.5) is 13.2 Å². The Bertz CT molecular complexity index is 874. The van der Waals surface area contributed by atoms with Gasteiger partial charge < -0.3 is 4.55 Å². The van der Waals surface area contributed by atoms with Gasteiger partial charge in [0, 0.05) is 0 Å². The Balaban J connectivity index is 0.000000487. The van der Waals surface area contributed by atoms with E-state index in [0.29, 0.717) is 17.6 Å². The zero-order valence-corrected chi connectivity index (χ0v) is 16.2. The van der Waals surface area contributed by atoms with Crippen molar-refractivity contribution in [3.63, 3.8) is 0 Å². The lowest BCUT2D eigenvalue weighted by Gasteiger charge is -2.05. The number of rotatable bonds is 4. The third-order valence-electron chi connectivity index (χ3n) is 4.01. The van der Waals surface area contributed by atoms with Crippen molar-refractivity contribution in [2.24, 2.45) is 7.05 Å². The van der Waals surface area contributed by atoms with Crippen LogP contribution in [0.3, 0.4) is 0 Å². The van der Waals surface area contributed by atoms with Gasteiger partial charge in [-0.3, -0.25) is 4.18 Å². The maximum atomic E-state index is 13.3. The first-order chi connectivity index (χ1) is 11.8. The second-order valence-electron chi connectivity index (χ2n) is 5.89. The van der Waals surface area contributed by atoms with Crippen LogP contribution in [0.25, 0.3) is 11.0 Å². The molecule has 0 radical (unpaired) electrons. The molecule has 0 saturated carbocycles. The quantitative estimate of drug-likeness (QED) is 0.452. The van der Waals surface area contributed by atoms with Gasteiger partial charge in [-0.2, -0.15) is 13.2 Å². The zero-order valence-electron chi connectivity index (χ0n) is 15.3. The van der Waals surface area contributed by atoms with Crippen molar-refractivity contribution in [3.05, 3.63) is 29.1 Å². The first kappa shape index (κ1) is 22.4. The molecule has 0 atom stereocenters. The van der Waals surface area contributed by atoms with Gasteiger partial charge in [-0.1, -0.05) is 13.3 Å². The van der Waals surface area contributed by atoms with Gasteiger partial charge in [0.2, 0.25) is 10.4 Å². The number of fused-ring (bicyclic) bond motifs is 1. The molecule has 1 aromatic heterocycles. The summed E-state index contributed by atoms with van der Waals surface area (Å²) in [5.74, 6) is -0.578. The van der Waals surface area contributed by atoms with Gasteiger partial charge in [-0.15, -0.1) is 0 Å². The van der Waals surface area contributed by atoms with E-state index in [1.807, 2.05) is 32.9 Å². The van der Waals surface area contributed by atoms with Crippen molar-refractivity contribution < 1.29 is 34.9 Å². The predicted octanol–water partition coefficient (Wildman–Crippen LogP) is 2.99. The molecule has 1 aromatic carbocycles. The fourth-order valence-electron chi connectivity index (χ4n) is 2.57. The molecule has 0 aliphatic heterocycles. The first-order valence-electron chi connectivity index (χ1n) is 7.91. The van der Waals surface area contributed by atoms with Gasteiger partial charge in [-0.05, 0) is 43.5 Å². The van der Waals surface area contributed by atoms with E-state index in [1.165, 1.54) is 16.2 Å². The van der Waals surface area contributed by atoms with Crippen molar-refractivity contribution in [2.75, 3.05) is 7.11 Å². The molecule has 148 valence electrons. The van der Waals surface area contributed by atoms with E-state index in [0.717, 1.165) is 31.1 Å². The highest BCUT2D eigenvalue weighted by Crippen LogP contribution is 2.31. The summed E-state index contributed by atoms with van der Waals surface area (Å²) in [5.41, 5.74) is 3.32. The number of aromatic nitrogens is 2. The smallest absolute Gasteiger partial charge is 0.495 e. The molecule has 1 heterocycles. The molecule has 10 heteroatoms. The summed E-state index contributed by atoms with van der Waals surface area (Å²) in [7, 11) is -2.12. The molecule has 2 aromatic rings. The first-order valence-corrected chi connectivity index (χ1v) is 9.24. The highest BCUT2D eigenvalue weighted by atomic mass is 32.3. The third-order valence-corrected chi connectivity index (χ3v) is 4.42. The number of imidazole rings is 1. The number of alkyl halides is 3. The average molecular weight is 396 g/mol. The monoisotopic (exact) mass is 396 g/mol. The standard InChI is InChI=1S/C15H20F3N2.CH4O4S/c1-5-6-7-20-13-9-11(3)10(2)8-12(13)19(4)14(20)15(16,17)18;1-5-6(2,3)4/h8-9H,5-7H2,1-4H3;1H3,(H,2,3,4)/q+1;/p-1. The van der Waals surface area contributed by atoms with Crippen LogP contribution >= 0.6 is 0 Å². The molecule has 0 aliphatic rings. The molecular weight excluding hydrogens is 373 g/mol. The minimum atomic E-state index is -4.41. The van der Waals surface area contributed by atoms with Crippen LogP contribution in [0.5, 0.6) is 0 Å². The lowest BCUT2D eigenvalue weighted by molar-refractivity contribution is -0.667. The molecule has 0 fully saturated rings. The summed E-state index contributed by atoms with van der Waals surface area (Å²) in [6.45, 7) is 6.23. The van der Waals surface area contributed by atoms with E-state index in [9.17, 15) is 26.1 Å². The van der Waals surface area contributed by atoms with Crippen LogP contribution < -0.4 is 4.57 Å². The number of benzene rings is 1. The molecule has 0 unspecified atom stereocenters. The van der Waals surface area contributed by atoms with Gasteiger partial charge in [0.05, 0.1) is 20.7 Å². The number of hydrogen-bond acceptors (Lipinski definition) is 4. The normalized spacial score (nSPS) is 12.2. The Kier molecular flexibility index (Phi) is 7.20. The Labute approximate surface area is 151 Å². The van der Waals surface area contributed by atoms with Crippen LogP contribution in [0.1, 0.15) is 36.7 Å². The SMILES string of the molecule is CCCCn1c(C(F)(F)F)[n+](C)c2cc(C)c(C)cc21.COS(=O)(=O)[O-]. The number of hydrogen-bond donors (Lipinski definition) is 0. The summed E-state index contributed by atoms with van der Waals surface area (Å²) in [5, 5.41) is 0. The van der Waals surface area contributed by atoms with E-state index in [-0.39, 0.29) is 0 Å². The van der Waals surface area contributed by atoms with Gasteiger partial charge in [-0.25, -0.2) is 17.6 Å². The second kappa shape index (κ2) is 8.36. The molecule has 0 amide bonds. The molecule has 0 N–H and O–H groups in total. The predicted molar refractivity (Wildman–Crippen MR) is 89.2 cm³/mol. The summed E-state index contributed by atoms with van der Waals surface area (Å²) in [6.07, 6.45) is -2.74. The van der Waals surface area contributed by atoms with Gasteiger partial charge in [0.25, 0.3) is 0 Å². The molecule has 26 heavy (non-hydrogen) atoms. The zero-order chi connectivity index (χ0) is 20.3. The van der Waals surface area contributed by atoms with Gasteiger partial charge in [0.15, 0.2) is 11.0 Å². The maximum Gasteiger partial charge on any atom is 0.495 e. The van der Waals surface area contributed by atoms with Crippen LogP contribution in [0.2, 0.25) is 0 Å². The van der Waals surface area contributed by atoms with E-state index in [4.69, 9.17) is 0 Å². The lowest BCUT2D eigenvalue weighted by Crippen LogP contribution is -2.38. The molecule has 0 saturated heterocycles. The molecule has 2 rings (SSSR count). The Hall–Kier alpha value is -1.65. The Morgan fingerprint density at radius 2 is 1.73 bits per heavy atom. The number of nitrogens with zero attached hydrogens (tertiary/aromatic N) is 2. The van der Waals surface area contributed by atoms with Crippen molar-refractivity contribution in [1.82, 2.24) is 4.57 Å². The molecular formula is C16H23F3N2O4S. The Morgan fingerprint density at radius 1 is 1.23 bits per heavy atom. The fraction of sp³-hybridized carbons (Fsp3) is 0.562. The van der Waals surface area contributed by atoms with Gasteiger partial charge >= 0.3 is 12.0 Å². The van der Waals surface area contributed by atoms with E-state index in [1.54, 1.807) is 0 Å². The van der Waals surface area contributed by atoms with Crippen molar-refractivity contribution in [3.8, 4) is 0 Å².